The normalized spacial score (nSPS) is 23.0. The van der Waals surface area contributed by atoms with Crippen LogP contribution in [-0.4, -0.2) is 58.9 Å². The van der Waals surface area contributed by atoms with Crippen molar-refractivity contribution in [2.24, 2.45) is 0 Å². The number of piperazine rings is 1. The highest BCUT2D eigenvalue weighted by atomic mass is 16.6. The van der Waals surface area contributed by atoms with Crippen molar-refractivity contribution in [1.29, 1.82) is 0 Å². The van der Waals surface area contributed by atoms with Crippen LogP contribution in [0.5, 0.6) is 0 Å². The van der Waals surface area contributed by atoms with Crippen molar-refractivity contribution in [3.8, 4) is 11.1 Å². The summed E-state index contributed by atoms with van der Waals surface area (Å²) in [7, 11) is 0. The number of amides is 2. The monoisotopic (exact) mass is 474 g/mol. The number of carbonyl (C=O) groups is 2. The zero-order valence-electron chi connectivity index (χ0n) is 20.8. The van der Waals surface area contributed by atoms with Gasteiger partial charge in [-0.05, 0) is 62.3 Å². The number of likely N-dealkylation sites (tertiary alicyclic amines) is 1. The molecule has 0 aromatic heterocycles. The second kappa shape index (κ2) is 9.06. The fourth-order valence-corrected chi connectivity index (χ4v) is 5.98. The highest BCUT2D eigenvalue weighted by Crippen LogP contribution is 2.45. The molecule has 2 aliphatic heterocycles. The first-order valence-electron chi connectivity index (χ1n) is 12.5. The molecule has 3 aliphatic rings. The van der Waals surface area contributed by atoms with E-state index < -0.39 is 5.60 Å². The maximum absolute atomic E-state index is 13.4. The number of rotatable bonds is 4. The van der Waals surface area contributed by atoms with E-state index in [1.165, 1.54) is 22.3 Å². The summed E-state index contributed by atoms with van der Waals surface area (Å²) in [6, 6.07) is 16.3. The standard InChI is InChI=1S/C29H34N2O4/c1-5-10-25-26-16-15-19(31(26)28(33)35-29(2,3)4)17-30(25)27(32)34-18-24-22-13-8-6-11-20(22)21-12-7-9-14-23(21)24/h5-9,11-14,19,24-26H,1,10,15-18H2,2-4H3/t19-,25+,26+/m1/s1. The van der Waals surface area contributed by atoms with E-state index in [9.17, 15) is 9.59 Å². The molecule has 2 fully saturated rings. The lowest BCUT2D eigenvalue weighted by atomic mass is 9.98. The number of ether oxygens (including phenoxy) is 2. The molecule has 0 N–H and O–H groups in total. The number of benzene rings is 2. The second-order valence-electron chi connectivity index (χ2n) is 10.7. The van der Waals surface area contributed by atoms with Crippen molar-refractivity contribution in [3.63, 3.8) is 0 Å². The molecule has 35 heavy (non-hydrogen) atoms. The lowest BCUT2D eigenvalue weighted by molar-refractivity contribution is -0.0219. The minimum absolute atomic E-state index is 0.0176. The average Bonchev–Trinajstić information content (AvgIpc) is 3.32. The Morgan fingerprint density at radius 3 is 2.23 bits per heavy atom. The minimum Gasteiger partial charge on any atom is -0.448 e. The highest BCUT2D eigenvalue weighted by molar-refractivity contribution is 5.79. The van der Waals surface area contributed by atoms with Gasteiger partial charge in [-0.15, -0.1) is 6.58 Å². The molecule has 0 saturated carbocycles. The van der Waals surface area contributed by atoms with Crippen LogP contribution in [0.25, 0.3) is 11.1 Å². The molecule has 0 spiro atoms. The van der Waals surface area contributed by atoms with Crippen molar-refractivity contribution < 1.29 is 19.1 Å². The largest absolute Gasteiger partial charge is 0.448 e. The Balaban J connectivity index is 1.32. The lowest BCUT2D eigenvalue weighted by Crippen LogP contribution is -2.63. The van der Waals surface area contributed by atoms with E-state index in [4.69, 9.17) is 9.47 Å². The average molecular weight is 475 g/mol. The third-order valence-corrected chi connectivity index (χ3v) is 7.38. The Labute approximate surface area is 207 Å². The van der Waals surface area contributed by atoms with Crippen LogP contribution < -0.4 is 0 Å². The van der Waals surface area contributed by atoms with E-state index in [0.29, 0.717) is 13.0 Å². The molecule has 2 aromatic carbocycles. The molecule has 6 nitrogen and oxygen atoms in total. The molecular weight excluding hydrogens is 440 g/mol. The maximum atomic E-state index is 13.4. The molecule has 2 bridgehead atoms. The summed E-state index contributed by atoms with van der Waals surface area (Å²) < 4.78 is 11.7. The van der Waals surface area contributed by atoms with Crippen molar-refractivity contribution in [2.45, 2.75) is 69.7 Å². The SMILES string of the molecule is C=CC[C@H]1[C@@H]2CC[C@H](CN1C(=O)OCC1c3ccccc3-c3ccccc31)N2C(=O)OC(C)(C)C. The number of carbonyl (C=O) groups excluding carboxylic acids is 2. The van der Waals surface area contributed by atoms with Gasteiger partial charge in [-0.2, -0.15) is 0 Å². The van der Waals surface area contributed by atoms with Crippen LogP contribution in [-0.2, 0) is 9.47 Å². The van der Waals surface area contributed by atoms with Crippen LogP contribution in [0.3, 0.4) is 0 Å². The summed E-state index contributed by atoms with van der Waals surface area (Å²) in [6.07, 6.45) is 3.49. The number of nitrogens with zero attached hydrogens (tertiary/aromatic N) is 2. The van der Waals surface area contributed by atoms with Gasteiger partial charge >= 0.3 is 12.2 Å². The van der Waals surface area contributed by atoms with Gasteiger partial charge in [0.15, 0.2) is 0 Å². The van der Waals surface area contributed by atoms with Gasteiger partial charge in [-0.25, -0.2) is 9.59 Å². The van der Waals surface area contributed by atoms with E-state index in [2.05, 4.69) is 30.8 Å². The quantitative estimate of drug-likeness (QED) is 0.513. The maximum Gasteiger partial charge on any atom is 0.410 e. The summed E-state index contributed by atoms with van der Waals surface area (Å²) in [5.41, 5.74) is 4.24. The van der Waals surface area contributed by atoms with Gasteiger partial charge in [0.1, 0.15) is 12.2 Å². The van der Waals surface area contributed by atoms with Crippen LogP contribution in [0.4, 0.5) is 9.59 Å². The molecule has 2 amide bonds. The van der Waals surface area contributed by atoms with Gasteiger partial charge in [0.25, 0.3) is 0 Å². The number of hydrogen-bond donors (Lipinski definition) is 0. The highest BCUT2D eigenvalue weighted by Gasteiger charge is 2.51. The van der Waals surface area contributed by atoms with E-state index in [1.54, 1.807) is 0 Å². The Bertz CT molecular complexity index is 1090. The minimum atomic E-state index is -0.561. The van der Waals surface area contributed by atoms with Crippen molar-refractivity contribution in [3.05, 3.63) is 72.3 Å². The Morgan fingerprint density at radius 2 is 1.63 bits per heavy atom. The molecule has 0 unspecified atom stereocenters. The van der Waals surface area contributed by atoms with Crippen LogP contribution in [0.15, 0.2) is 61.2 Å². The molecular formula is C29H34N2O4. The first-order valence-corrected chi connectivity index (χ1v) is 12.5. The molecule has 0 radical (unpaired) electrons. The Hall–Kier alpha value is -3.28. The van der Waals surface area contributed by atoms with Crippen LogP contribution in [0, 0.1) is 0 Å². The van der Waals surface area contributed by atoms with E-state index in [1.807, 2.05) is 60.9 Å². The van der Waals surface area contributed by atoms with Crippen molar-refractivity contribution in [2.75, 3.05) is 13.2 Å². The Kier molecular flexibility index (Phi) is 6.07. The summed E-state index contributed by atoms with van der Waals surface area (Å²) in [6.45, 7) is 10.3. The summed E-state index contributed by atoms with van der Waals surface area (Å²) in [5, 5.41) is 0. The molecule has 1 aliphatic carbocycles. The predicted molar refractivity (Wildman–Crippen MR) is 135 cm³/mol. The summed E-state index contributed by atoms with van der Waals surface area (Å²) in [4.78, 5) is 30.1. The molecule has 2 aromatic rings. The van der Waals surface area contributed by atoms with Gasteiger partial charge in [0.2, 0.25) is 0 Å². The molecule has 3 atom stereocenters. The summed E-state index contributed by atoms with van der Waals surface area (Å²) in [5.74, 6) is 0.0176. The van der Waals surface area contributed by atoms with Crippen LogP contribution >= 0.6 is 0 Å². The zero-order chi connectivity index (χ0) is 24.7. The molecule has 5 rings (SSSR count). The lowest BCUT2D eigenvalue weighted by Gasteiger charge is -2.46. The van der Waals surface area contributed by atoms with Gasteiger partial charge < -0.3 is 14.4 Å². The molecule has 184 valence electrons. The van der Waals surface area contributed by atoms with Crippen molar-refractivity contribution in [1.82, 2.24) is 9.80 Å². The molecule has 6 heteroatoms. The van der Waals surface area contributed by atoms with Gasteiger partial charge in [0, 0.05) is 12.5 Å². The van der Waals surface area contributed by atoms with Gasteiger partial charge in [-0.1, -0.05) is 54.6 Å². The van der Waals surface area contributed by atoms with Gasteiger partial charge in [0.05, 0.1) is 18.1 Å². The third-order valence-electron chi connectivity index (χ3n) is 7.38. The van der Waals surface area contributed by atoms with Gasteiger partial charge in [-0.3, -0.25) is 4.90 Å². The third kappa shape index (κ3) is 4.30. The molecule has 2 heterocycles. The summed E-state index contributed by atoms with van der Waals surface area (Å²) >= 11 is 0. The van der Waals surface area contributed by atoms with E-state index >= 15 is 0 Å². The first kappa shape index (κ1) is 23.5. The fraction of sp³-hybridized carbons (Fsp3) is 0.448. The number of fused-ring (bicyclic) bond motifs is 5. The topological polar surface area (TPSA) is 59.1 Å². The fourth-order valence-electron chi connectivity index (χ4n) is 5.98. The van der Waals surface area contributed by atoms with E-state index in [-0.39, 0.29) is 42.8 Å². The van der Waals surface area contributed by atoms with Crippen molar-refractivity contribution >= 4 is 12.2 Å². The predicted octanol–water partition coefficient (Wildman–Crippen LogP) is 5.96. The Morgan fingerprint density at radius 1 is 1.00 bits per heavy atom. The second-order valence-corrected chi connectivity index (χ2v) is 10.7. The zero-order valence-corrected chi connectivity index (χ0v) is 20.8. The number of hydrogen-bond acceptors (Lipinski definition) is 4. The van der Waals surface area contributed by atoms with E-state index in [0.717, 1.165) is 12.8 Å². The van der Waals surface area contributed by atoms with Crippen LogP contribution in [0.2, 0.25) is 0 Å². The molecule has 2 saturated heterocycles. The smallest absolute Gasteiger partial charge is 0.410 e. The van der Waals surface area contributed by atoms with Crippen LogP contribution in [0.1, 0.15) is 57.1 Å². The first-order chi connectivity index (χ1) is 16.8.